The van der Waals surface area contributed by atoms with Gasteiger partial charge in [-0.1, -0.05) is 24.3 Å². The molecule has 1 aromatic heterocycles. The zero-order valence-electron chi connectivity index (χ0n) is 18.4. The van der Waals surface area contributed by atoms with Crippen LogP contribution in [0.3, 0.4) is 0 Å². The van der Waals surface area contributed by atoms with Crippen molar-refractivity contribution in [3.63, 3.8) is 0 Å². The molecule has 1 fully saturated rings. The third kappa shape index (κ3) is 4.41. The van der Waals surface area contributed by atoms with E-state index in [9.17, 15) is 14.4 Å². The number of piperazine rings is 1. The van der Waals surface area contributed by atoms with E-state index in [1.54, 1.807) is 12.1 Å². The quantitative estimate of drug-likeness (QED) is 0.670. The molecule has 164 valence electrons. The number of pyridine rings is 1. The van der Waals surface area contributed by atoms with Crippen LogP contribution in [0.5, 0.6) is 0 Å². The second-order valence-electron chi connectivity index (χ2n) is 8.11. The summed E-state index contributed by atoms with van der Waals surface area (Å²) in [7, 11) is 0. The van der Waals surface area contributed by atoms with Gasteiger partial charge in [0.15, 0.2) is 0 Å². The lowest BCUT2D eigenvalue weighted by molar-refractivity contribution is 0.0943. The van der Waals surface area contributed by atoms with Crippen molar-refractivity contribution in [1.29, 1.82) is 5.26 Å². The minimum Gasteiger partial charge on any atom is -0.353 e. The van der Waals surface area contributed by atoms with Gasteiger partial charge in [0.2, 0.25) is 0 Å². The van der Waals surface area contributed by atoms with E-state index in [4.69, 9.17) is 4.98 Å². The SMILES string of the molecule is Cc1ccc2cc(C#N)c(N3CCN(CCNC(=O)c4ccccc4F)CC3)nc2c1C. The maximum atomic E-state index is 13.7. The Bertz CT molecular complexity index is 1190. The molecule has 0 bridgehead atoms. The Labute approximate surface area is 187 Å². The number of fused-ring (bicyclic) bond motifs is 1. The predicted octanol–water partition coefficient (Wildman–Crippen LogP) is 3.41. The zero-order valence-corrected chi connectivity index (χ0v) is 18.4. The number of nitriles is 1. The van der Waals surface area contributed by atoms with Crippen LogP contribution in [0.2, 0.25) is 0 Å². The molecule has 32 heavy (non-hydrogen) atoms. The van der Waals surface area contributed by atoms with Crippen molar-refractivity contribution >= 4 is 22.6 Å². The third-order valence-corrected chi connectivity index (χ3v) is 6.12. The number of carbonyl (C=O) groups excluding carboxylic acids is 1. The van der Waals surface area contributed by atoms with Crippen molar-refractivity contribution in [2.24, 2.45) is 0 Å². The predicted molar refractivity (Wildman–Crippen MR) is 123 cm³/mol. The number of carbonyl (C=O) groups is 1. The fourth-order valence-corrected chi connectivity index (χ4v) is 4.05. The van der Waals surface area contributed by atoms with E-state index in [2.05, 4.69) is 41.1 Å². The molecule has 6 nitrogen and oxygen atoms in total. The van der Waals surface area contributed by atoms with Gasteiger partial charge in [-0.3, -0.25) is 9.69 Å². The summed E-state index contributed by atoms with van der Waals surface area (Å²) in [6.45, 7) is 8.36. The number of nitrogens with one attached hydrogen (secondary N) is 1. The highest BCUT2D eigenvalue weighted by Gasteiger charge is 2.21. The second kappa shape index (κ2) is 9.33. The minimum absolute atomic E-state index is 0.0641. The number of amides is 1. The van der Waals surface area contributed by atoms with Gasteiger partial charge in [-0.2, -0.15) is 5.26 Å². The number of halogens is 1. The zero-order chi connectivity index (χ0) is 22.7. The first-order chi connectivity index (χ1) is 15.5. The van der Waals surface area contributed by atoms with Crippen LogP contribution >= 0.6 is 0 Å². The normalized spacial score (nSPS) is 14.4. The number of nitrogens with zero attached hydrogens (tertiary/aromatic N) is 4. The van der Waals surface area contributed by atoms with Crippen LogP contribution in [0.4, 0.5) is 10.2 Å². The molecule has 1 aliphatic rings. The topological polar surface area (TPSA) is 72.3 Å². The Balaban J connectivity index is 1.37. The van der Waals surface area contributed by atoms with Gasteiger partial charge in [0, 0.05) is 44.7 Å². The molecule has 2 heterocycles. The molecule has 0 unspecified atom stereocenters. The molecule has 0 radical (unpaired) electrons. The third-order valence-electron chi connectivity index (χ3n) is 6.12. The van der Waals surface area contributed by atoms with Crippen LogP contribution in [0.1, 0.15) is 27.0 Å². The molecule has 0 spiro atoms. The molecule has 7 heteroatoms. The van der Waals surface area contributed by atoms with Gasteiger partial charge in [0.1, 0.15) is 17.7 Å². The van der Waals surface area contributed by atoms with Gasteiger partial charge in [-0.15, -0.1) is 0 Å². The first kappa shape index (κ1) is 21.7. The summed E-state index contributed by atoms with van der Waals surface area (Å²) < 4.78 is 13.7. The molecule has 1 N–H and O–H groups in total. The Morgan fingerprint density at radius 2 is 1.91 bits per heavy atom. The standard InChI is InChI=1S/C25H26FN5O/c1-17-7-8-19-15-20(16-27)24(29-23(19)18(17)2)31-13-11-30(12-14-31)10-9-28-25(32)21-5-3-4-6-22(21)26/h3-8,15H,9-14H2,1-2H3,(H,28,32). The van der Waals surface area contributed by atoms with Crippen molar-refractivity contribution in [3.8, 4) is 6.07 Å². The highest BCUT2D eigenvalue weighted by Crippen LogP contribution is 2.27. The summed E-state index contributed by atoms with van der Waals surface area (Å²) >= 11 is 0. The highest BCUT2D eigenvalue weighted by molar-refractivity contribution is 5.94. The second-order valence-corrected chi connectivity index (χ2v) is 8.11. The van der Waals surface area contributed by atoms with Gasteiger partial charge >= 0.3 is 0 Å². The van der Waals surface area contributed by atoms with Crippen molar-refractivity contribution in [3.05, 3.63) is 70.5 Å². The van der Waals surface area contributed by atoms with E-state index in [0.717, 1.165) is 48.5 Å². The Morgan fingerprint density at radius 3 is 2.62 bits per heavy atom. The molecule has 1 aliphatic heterocycles. The summed E-state index contributed by atoms with van der Waals surface area (Å²) in [5.41, 5.74) is 3.92. The number of aryl methyl sites for hydroxylation is 2. The summed E-state index contributed by atoms with van der Waals surface area (Å²) in [6, 6.07) is 14.3. The molecule has 4 rings (SSSR count). The molecule has 0 saturated carbocycles. The maximum Gasteiger partial charge on any atom is 0.254 e. The number of anilines is 1. The van der Waals surface area contributed by atoms with Gasteiger partial charge in [0.25, 0.3) is 5.91 Å². The van der Waals surface area contributed by atoms with E-state index < -0.39 is 11.7 Å². The van der Waals surface area contributed by atoms with Crippen molar-refractivity contribution in [2.45, 2.75) is 13.8 Å². The molecular weight excluding hydrogens is 405 g/mol. The molecule has 0 atom stereocenters. The van der Waals surface area contributed by atoms with Gasteiger partial charge in [0.05, 0.1) is 16.6 Å². The van der Waals surface area contributed by atoms with Crippen molar-refractivity contribution < 1.29 is 9.18 Å². The van der Waals surface area contributed by atoms with E-state index in [-0.39, 0.29) is 5.56 Å². The number of rotatable bonds is 5. The van der Waals surface area contributed by atoms with E-state index in [1.165, 1.54) is 17.7 Å². The van der Waals surface area contributed by atoms with Crippen molar-refractivity contribution in [1.82, 2.24) is 15.2 Å². The van der Waals surface area contributed by atoms with E-state index >= 15 is 0 Å². The van der Waals surface area contributed by atoms with Gasteiger partial charge < -0.3 is 10.2 Å². The van der Waals surface area contributed by atoms with Crippen LogP contribution in [-0.2, 0) is 0 Å². The molecule has 3 aromatic rings. The monoisotopic (exact) mass is 431 g/mol. The summed E-state index contributed by atoms with van der Waals surface area (Å²) in [6.07, 6.45) is 0. The fourth-order valence-electron chi connectivity index (χ4n) is 4.05. The van der Waals surface area contributed by atoms with E-state index in [0.29, 0.717) is 18.7 Å². The van der Waals surface area contributed by atoms with Crippen LogP contribution in [0.15, 0.2) is 42.5 Å². The first-order valence-corrected chi connectivity index (χ1v) is 10.8. The van der Waals surface area contributed by atoms with Crippen LogP contribution in [0.25, 0.3) is 10.9 Å². The highest BCUT2D eigenvalue weighted by atomic mass is 19.1. The van der Waals surface area contributed by atoms with E-state index in [1.807, 2.05) is 12.1 Å². The summed E-state index contributed by atoms with van der Waals surface area (Å²) in [5, 5.41) is 13.4. The van der Waals surface area contributed by atoms with Crippen LogP contribution < -0.4 is 10.2 Å². The number of benzene rings is 2. The average molecular weight is 432 g/mol. The Hall–Kier alpha value is -3.50. The maximum absolute atomic E-state index is 13.7. The Morgan fingerprint density at radius 1 is 1.16 bits per heavy atom. The molecule has 1 amide bonds. The number of hydrogen-bond donors (Lipinski definition) is 1. The number of hydrogen-bond acceptors (Lipinski definition) is 5. The first-order valence-electron chi connectivity index (χ1n) is 10.8. The number of aromatic nitrogens is 1. The summed E-state index contributed by atoms with van der Waals surface area (Å²) in [5.74, 6) is -0.173. The molecular formula is C25H26FN5O. The van der Waals surface area contributed by atoms with Crippen molar-refractivity contribution in [2.75, 3.05) is 44.2 Å². The van der Waals surface area contributed by atoms with Crippen LogP contribution in [0, 0.1) is 31.0 Å². The lowest BCUT2D eigenvalue weighted by Crippen LogP contribution is -2.49. The minimum atomic E-state index is -0.514. The average Bonchev–Trinajstić information content (AvgIpc) is 2.81. The van der Waals surface area contributed by atoms with Crippen LogP contribution in [-0.4, -0.2) is 55.1 Å². The smallest absolute Gasteiger partial charge is 0.254 e. The Kier molecular flexibility index (Phi) is 6.33. The molecule has 1 saturated heterocycles. The lowest BCUT2D eigenvalue weighted by atomic mass is 10.0. The summed E-state index contributed by atoms with van der Waals surface area (Å²) in [4.78, 5) is 21.4. The van der Waals surface area contributed by atoms with Gasteiger partial charge in [-0.05, 0) is 43.2 Å². The van der Waals surface area contributed by atoms with Gasteiger partial charge in [-0.25, -0.2) is 9.37 Å². The largest absolute Gasteiger partial charge is 0.353 e. The molecule has 2 aromatic carbocycles. The lowest BCUT2D eigenvalue weighted by Gasteiger charge is -2.35. The molecule has 0 aliphatic carbocycles. The fraction of sp³-hybridized carbons (Fsp3) is 0.320.